The largest absolute Gasteiger partial charge is 0.338 e. The number of fused-ring (bicyclic) bond motifs is 1. The summed E-state index contributed by atoms with van der Waals surface area (Å²) < 4.78 is 0. The predicted octanol–water partition coefficient (Wildman–Crippen LogP) is 2.42. The molecule has 0 aliphatic heterocycles. The minimum absolute atomic E-state index is 0.0262. The predicted molar refractivity (Wildman–Crippen MR) is 71.5 cm³/mol. The van der Waals surface area contributed by atoms with Crippen molar-refractivity contribution in [2.75, 3.05) is 13.1 Å². The maximum Gasteiger partial charge on any atom is 0.273 e. The zero-order chi connectivity index (χ0) is 13.1. The molecule has 0 N–H and O–H groups in total. The molecule has 1 aromatic heterocycles. The minimum atomic E-state index is -0.0262. The molecule has 0 fully saturated rings. The van der Waals surface area contributed by atoms with Crippen LogP contribution in [0.2, 0.25) is 0 Å². The van der Waals surface area contributed by atoms with Crippen molar-refractivity contribution in [1.82, 2.24) is 14.9 Å². The van der Waals surface area contributed by atoms with E-state index in [1.165, 1.54) is 0 Å². The third kappa shape index (κ3) is 2.18. The zero-order valence-corrected chi connectivity index (χ0v) is 11.0. The fraction of sp³-hybridized carbons (Fsp3) is 0.357. The second-order valence-corrected chi connectivity index (χ2v) is 4.11. The van der Waals surface area contributed by atoms with Crippen LogP contribution in [0.4, 0.5) is 0 Å². The van der Waals surface area contributed by atoms with Crippen LogP contribution in [0.5, 0.6) is 0 Å². The van der Waals surface area contributed by atoms with Crippen LogP contribution in [0.25, 0.3) is 10.9 Å². The van der Waals surface area contributed by atoms with Gasteiger partial charge in [-0.25, -0.2) is 9.97 Å². The van der Waals surface area contributed by atoms with E-state index in [0.29, 0.717) is 24.6 Å². The van der Waals surface area contributed by atoms with E-state index in [-0.39, 0.29) is 5.91 Å². The molecule has 94 valence electrons. The molecule has 1 amide bonds. The standard InChI is InChI=1S/C14H17N3O/c1-4-17(5-2)14(18)13-11-8-6-7-9-12(11)15-10(3)16-13/h6-9H,4-5H2,1-3H3. The summed E-state index contributed by atoms with van der Waals surface area (Å²) in [6.45, 7) is 7.13. The smallest absolute Gasteiger partial charge is 0.273 e. The Labute approximate surface area is 107 Å². The summed E-state index contributed by atoms with van der Waals surface area (Å²) in [7, 11) is 0. The molecule has 0 aliphatic carbocycles. The van der Waals surface area contributed by atoms with Crippen LogP contribution in [0, 0.1) is 6.92 Å². The van der Waals surface area contributed by atoms with E-state index in [1.54, 1.807) is 4.90 Å². The van der Waals surface area contributed by atoms with Gasteiger partial charge in [0.25, 0.3) is 5.91 Å². The van der Waals surface area contributed by atoms with Crippen molar-refractivity contribution in [2.45, 2.75) is 20.8 Å². The molecule has 2 aromatic rings. The summed E-state index contributed by atoms with van der Waals surface area (Å²) in [4.78, 5) is 22.8. The number of carbonyl (C=O) groups is 1. The van der Waals surface area contributed by atoms with E-state index in [4.69, 9.17) is 0 Å². The quantitative estimate of drug-likeness (QED) is 0.831. The van der Waals surface area contributed by atoms with Gasteiger partial charge in [0.2, 0.25) is 0 Å². The number of nitrogens with zero attached hydrogens (tertiary/aromatic N) is 3. The summed E-state index contributed by atoms with van der Waals surface area (Å²) in [5.74, 6) is 0.603. The first kappa shape index (κ1) is 12.5. The average molecular weight is 243 g/mol. The highest BCUT2D eigenvalue weighted by Crippen LogP contribution is 2.17. The van der Waals surface area contributed by atoms with E-state index in [9.17, 15) is 4.79 Å². The molecule has 1 aromatic carbocycles. The second-order valence-electron chi connectivity index (χ2n) is 4.11. The van der Waals surface area contributed by atoms with Gasteiger partial charge < -0.3 is 4.90 Å². The summed E-state index contributed by atoms with van der Waals surface area (Å²) >= 11 is 0. The van der Waals surface area contributed by atoms with E-state index in [0.717, 1.165) is 10.9 Å². The van der Waals surface area contributed by atoms with Crippen LogP contribution in [0.1, 0.15) is 30.2 Å². The molecule has 4 nitrogen and oxygen atoms in total. The van der Waals surface area contributed by atoms with Crippen molar-refractivity contribution in [3.05, 3.63) is 35.8 Å². The molecule has 0 saturated carbocycles. The lowest BCUT2D eigenvalue weighted by atomic mass is 10.1. The first-order valence-electron chi connectivity index (χ1n) is 6.20. The Morgan fingerprint density at radius 2 is 1.83 bits per heavy atom. The van der Waals surface area contributed by atoms with Gasteiger partial charge in [0.05, 0.1) is 5.52 Å². The lowest BCUT2D eigenvalue weighted by Gasteiger charge is -2.19. The summed E-state index contributed by atoms with van der Waals surface area (Å²) in [6, 6.07) is 7.62. The summed E-state index contributed by atoms with van der Waals surface area (Å²) in [5, 5.41) is 0.819. The Hall–Kier alpha value is -1.97. The van der Waals surface area contributed by atoms with Crippen LogP contribution in [0.15, 0.2) is 24.3 Å². The van der Waals surface area contributed by atoms with Gasteiger partial charge in [0, 0.05) is 18.5 Å². The zero-order valence-electron chi connectivity index (χ0n) is 11.0. The van der Waals surface area contributed by atoms with E-state index in [1.807, 2.05) is 45.0 Å². The molecule has 2 rings (SSSR count). The SMILES string of the molecule is CCN(CC)C(=O)c1nc(C)nc2ccccc12. The third-order valence-electron chi connectivity index (χ3n) is 2.97. The maximum atomic E-state index is 12.4. The highest BCUT2D eigenvalue weighted by atomic mass is 16.2. The number of benzene rings is 1. The Morgan fingerprint density at radius 3 is 2.50 bits per heavy atom. The summed E-state index contributed by atoms with van der Waals surface area (Å²) in [6.07, 6.45) is 0. The molecule has 0 aliphatic rings. The minimum Gasteiger partial charge on any atom is -0.338 e. The topological polar surface area (TPSA) is 46.1 Å². The van der Waals surface area contributed by atoms with Gasteiger partial charge in [-0.1, -0.05) is 18.2 Å². The Morgan fingerprint density at radius 1 is 1.17 bits per heavy atom. The molecule has 18 heavy (non-hydrogen) atoms. The number of amides is 1. The lowest BCUT2D eigenvalue weighted by molar-refractivity contribution is 0.0769. The van der Waals surface area contributed by atoms with Crippen LogP contribution in [-0.2, 0) is 0 Å². The van der Waals surface area contributed by atoms with E-state index < -0.39 is 0 Å². The van der Waals surface area contributed by atoms with Crippen LogP contribution in [0.3, 0.4) is 0 Å². The number of hydrogen-bond acceptors (Lipinski definition) is 3. The molecule has 0 bridgehead atoms. The average Bonchev–Trinajstić information content (AvgIpc) is 2.39. The molecule has 0 unspecified atom stereocenters. The molecular formula is C14H17N3O. The van der Waals surface area contributed by atoms with Crippen molar-refractivity contribution in [1.29, 1.82) is 0 Å². The Bertz CT molecular complexity index is 576. The van der Waals surface area contributed by atoms with Gasteiger partial charge in [-0.2, -0.15) is 0 Å². The van der Waals surface area contributed by atoms with Crippen LogP contribution in [-0.4, -0.2) is 33.9 Å². The molecule has 0 atom stereocenters. The number of hydrogen-bond donors (Lipinski definition) is 0. The van der Waals surface area contributed by atoms with Crippen molar-refractivity contribution >= 4 is 16.8 Å². The normalized spacial score (nSPS) is 10.6. The van der Waals surface area contributed by atoms with Gasteiger partial charge in [0.1, 0.15) is 11.5 Å². The monoisotopic (exact) mass is 243 g/mol. The maximum absolute atomic E-state index is 12.4. The molecule has 1 heterocycles. The fourth-order valence-corrected chi connectivity index (χ4v) is 2.02. The highest BCUT2D eigenvalue weighted by molar-refractivity contribution is 6.04. The third-order valence-corrected chi connectivity index (χ3v) is 2.97. The van der Waals surface area contributed by atoms with E-state index in [2.05, 4.69) is 9.97 Å². The van der Waals surface area contributed by atoms with Crippen molar-refractivity contribution in [3.63, 3.8) is 0 Å². The number of rotatable bonds is 3. The number of aromatic nitrogens is 2. The first-order chi connectivity index (χ1) is 8.67. The fourth-order valence-electron chi connectivity index (χ4n) is 2.02. The molecule has 0 saturated heterocycles. The highest BCUT2D eigenvalue weighted by Gasteiger charge is 2.17. The molecule has 0 spiro atoms. The molecular weight excluding hydrogens is 226 g/mol. The van der Waals surface area contributed by atoms with Crippen molar-refractivity contribution < 1.29 is 4.79 Å². The van der Waals surface area contributed by atoms with E-state index >= 15 is 0 Å². The number of carbonyl (C=O) groups excluding carboxylic acids is 1. The Balaban J connectivity index is 2.59. The number of para-hydroxylation sites is 1. The second kappa shape index (κ2) is 5.12. The van der Waals surface area contributed by atoms with Crippen LogP contribution >= 0.6 is 0 Å². The van der Waals surface area contributed by atoms with Gasteiger partial charge in [-0.3, -0.25) is 4.79 Å². The Kier molecular flexibility index (Phi) is 3.55. The van der Waals surface area contributed by atoms with Gasteiger partial charge >= 0.3 is 0 Å². The van der Waals surface area contributed by atoms with Gasteiger partial charge in [0.15, 0.2) is 0 Å². The van der Waals surface area contributed by atoms with Crippen molar-refractivity contribution in [3.8, 4) is 0 Å². The summed E-state index contributed by atoms with van der Waals surface area (Å²) in [5.41, 5.74) is 1.32. The number of aryl methyl sites for hydroxylation is 1. The lowest BCUT2D eigenvalue weighted by Crippen LogP contribution is -2.31. The van der Waals surface area contributed by atoms with Gasteiger partial charge in [-0.05, 0) is 26.8 Å². The molecule has 0 radical (unpaired) electrons. The van der Waals surface area contributed by atoms with Crippen molar-refractivity contribution in [2.24, 2.45) is 0 Å². The first-order valence-corrected chi connectivity index (χ1v) is 6.20. The molecule has 4 heteroatoms. The van der Waals surface area contributed by atoms with Crippen LogP contribution < -0.4 is 0 Å². The van der Waals surface area contributed by atoms with Gasteiger partial charge in [-0.15, -0.1) is 0 Å².